The summed E-state index contributed by atoms with van der Waals surface area (Å²) in [6.07, 6.45) is 1.41. The highest BCUT2D eigenvalue weighted by Crippen LogP contribution is 2.35. The first-order valence-corrected chi connectivity index (χ1v) is 7.14. The van der Waals surface area contributed by atoms with Crippen molar-refractivity contribution in [3.8, 4) is 17.7 Å². The minimum atomic E-state index is 0.276. The predicted octanol–water partition coefficient (Wildman–Crippen LogP) is 4.69. The Morgan fingerprint density at radius 2 is 2.00 bits per heavy atom. The van der Waals surface area contributed by atoms with Crippen LogP contribution in [0.5, 0.6) is 11.6 Å². The van der Waals surface area contributed by atoms with Crippen molar-refractivity contribution < 1.29 is 9.15 Å². The highest BCUT2D eigenvalue weighted by Gasteiger charge is 2.15. The fraction of sp³-hybridized carbons (Fsp3) is 0. The second-order valence-corrected chi connectivity index (χ2v) is 5.22. The van der Waals surface area contributed by atoms with E-state index in [9.17, 15) is 0 Å². The van der Waals surface area contributed by atoms with Crippen molar-refractivity contribution in [2.75, 3.05) is 0 Å². The van der Waals surface area contributed by atoms with E-state index in [-0.39, 0.29) is 5.88 Å². The maximum Gasteiger partial charge on any atom is 0.267 e. The first kappa shape index (κ1) is 13.6. The lowest BCUT2D eigenvalue weighted by Gasteiger charge is -2.06. The van der Waals surface area contributed by atoms with Crippen molar-refractivity contribution in [3.63, 3.8) is 0 Å². The molecule has 0 unspecified atom stereocenters. The zero-order valence-electron chi connectivity index (χ0n) is 11.7. The van der Waals surface area contributed by atoms with Gasteiger partial charge in [0.25, 0.3) is 5.88 Å². The molecule has 4 aromatic rings. The van der Waals surface area contributed by atoms with E-state index >= 15 is 0 Å². The molecule has 110 valence electrons. The third kappa shape index (κ3) is 2.26. The van der Waals surface area contributed by atoms with Crippen LogP contribution >= 0.6 is 11.6 Å². The average Bonchev–Trinajstić information content (AvgIpc) is 2.96. The van der Waals surface area contributed by atoms with Crippen molar-refractivity contribution in [3.05, 3.63) is 59.4 Å². The fourth-order valence-electron chi connectivity index (χ4n) is 2.33. The Morgan fingerprint density at radius 3 is 2.83 bits per heavy atom. The fourth-order valence-corrected chi connectivity index (χ4v) is 2.55. The van der Waals surface area contributed by atoms with Crippen molar-refractivity contribution in [1.82, 2.24) is 9.97 Å². The summed E-state index contributed by atoms with van der Waals surface area (Å²) in [5, 5.41) is 10.1. The van der Waals surface area contributed by atoms with Gasteiger partial charge in [-0.3, -0.25) is 0 Å². The van der Waals surface area contributed by atoms with Gasteiger partial charge < -0.3 is 9.15 Å². The summed E-state index contributed by atoms with van der Waals surface area (Å²) in [5.74, 6) is 0.670. The predicted molar refractivity (Wildman–Crippen MR) is 85.6 cm³/mol. The molecular formula is C17H8ClN3O2. The summed E-state index contributed by atoms with van der Waals surface area (Å²) in [7, 11) is 0. The van der Waals surface area contributed by atoms with E-state index in [0.29, 0.717) is 33.0 Å². The van der Waals surface area contributed by atoms with Crippen LogP contribution in [0.2, 0.25) is 5.02 Å². The number of rotatable bonds is 2. The van der Waals surface area contributed by atoms with Crippen LogP contribution in [0, 0.1) is 11.3 Å². The lowest BCUT2D eigenvalue weighted by molar-refractivity contribution is 0.456. The Morgan fingerprint density at radius 1 is 1.13 bits per heavy atom. The molecule has 0 fully saturated rings. The van der Waals surface area contributed by atoms with E-state index in [0.717, 1.165) is 5.39 Å². The quantitative estimate of drug-likeness (QED) is 0.535. The molecule has 5 nitrogen and oxygen atoms in total. The highest BCUT2D eigenvalue weighted by molar-refractivity contribution is 6.32. The summed E-state index contributed by atoms with van der Waals surface area (Å²) in [6, 6.07) is 14.4. The standard InChI is InChI=1S/C17H8ClN3O2/c18-12-7-10(8-19)5-6-14(12)23-17-16-15(20-9-21-17)11-3-1-2-4-13(11)22-16/h1-7,9H. The van der Waals surface area contributed by atoms with E-state index in [4.69, 9.17) is 26.0 Å². The molecule has 0 aliphatic carbocycles. The number of ether oxygens (including phenoxy) is 1. The van der Waals surface area contributed by atoms with Gasteiger partial charge in [-0.25, -0.2) is 4.98 Å². The first-order chi connectivity index (χ1) is 11.3. The topological polar surface area (TPSA) is 71.9 Å². The SMILES string of the molecule is N#Cc1ccc(Oc2ncnc3c2oc2ccccc23)c(Cl)c1. The van der Waals surface area contributed by atoms with Gasteiger partial charge in [-0.2, -0.15) is 10.2 Å². The van der Waals surface area contributed by atoms with Gasteiger partial charge in [0.1, 0.15) is 23.2 Å². The van der Waals surface area contributed by atoms with Crippen molar-refractivity contribution in [2.24, 2.45) is 0 Å². The number of para-hydroxylation sites is 1. The van der Waals surface area contributed by atoms with Crippen LogP contribution in [0.15, 0.2) is 53.2 Å². The zero-order valence-corrected chi connectivity index (χ0v) is 12.4. The lowest BCUT2D eigenvalue weighted by atomic mass is 10.2. The summed E-state index contributed by atoms with van der Waals surface area (Å²) in [4.78, 5) is 8.39. The molecule has 0 radical (unpaired) electrons. The van der Waals surface area contributed by atoms with E-state index < -0.39 is 0 Å². The van der Waals surface area contributed by atoms with Gasteiger partial charge in [-0.1, -0.05) is 23.7 Å². The molecule has 0 aliphatic rings. The Labute approximate surface area is 135 Å². The Kier molecular flexibility index (Phi) is 3.11. The van der Waals surface area contributed by atoms with Crippen molar-refractivity contribution in [2.45, 2.75) is 0 Å². The second kappa shape index (κ2) is 5.27. The second-order valence-electron chi connectivity index (χ2n) is 4.81. The molecule has 0 amide bonds. The minimum Gasteiger partial charge on any atom is -0.449 e. The average molecular weight is 322 g/mol. The smallest absolute Gasteiger partial charge is 0.267 e. The van der Waals surface area contributed by atoms with Crippen LogP contribution < -0.4 is 4.74 Å². The van der Waals surface area contributed by atoms with E-state index in [1.54, 1.807) is 12.1 Å². The lowest BCUT2D eigenvalue weighted by Crippen LogP contribution is -1.91. The van der Waals surface area contributed by atoms with Gasteiger partial charge in [0.05, 0.1) is 16.7 Å². The van der Waals surface area contributed by atoms with Gasteiger partial charge >= 0.3 is 0 Å². The number of halogens is 1. The zero-order chi connectivity index (χ0) is 15.8. The van der Waals surface area contributed by atoms with Gasteiger partial charge in [0.15, 0.2) is 0 Å². The van der Waals surface area contributed by atoms with Crippen molar-refractivity contribution >= 4 is 33.7 Å². The Hall–Kier alpha value is -3.10. The maximum atomic E-state index is 8.88. The van der Waals surface area contributed by atoms with Crippen LogP contribution in [0.4, 0.5) is 0 Å². The molecule has 2 heterocycles. The number of hydrogen-bond acceptors (Lipinski definition) is 5. The monoisotopic (exact) mass is 321 g/mol. The van der Waals surface area contributed by atoms with Gasteiger partial charge in [0, 0.05) is 5.39 Å². The first-order valence-electron chi connectivity index (χ1n) is 6.76. The molecule has 0 saturated heterocycles. The Balaban J connectivity index is 1.85. The largest absolute Gasteiger partial charge is 0.449 e. The van der Waals surface area contributed by atoms with Gasteiger partial charge in [0.2, 0.25) is 5.58 Å². The van der Waals surface area contributed by atoms with Crippen LogP contribution in [0.25, 0.3) is 22.1 Å². The molecule has 0 atom stereocenters. The molecule has 0 spiro atoms. The van der Waals surface area contributed by atoms with Gasteiger partial charge in [-0.15, -0.1) is 0 Å². The molecule has 0 N–H and O–H groups in total. The van der Waals surface area contributed by atoms with Gasteiger partial charge in [-0.05, 0) is 30.3 Å². The number of furan rings is 1. The highest BCUT2D eigenvalue weighted by atomic mass is 35.5. The Bertz CT molecular complexity index is 1080. The maximum absolute atomic E-state index is 8.88. The third-order valence-corrected chi connectivity index (χ3v) is 3.69. The summed E-state index contributed by atoms with van der Waals surface area (Å²) in [6.45, 7) is 0. The number of fused-ring (bicyclic) bond motifs is 3. The molecule has 2 aromatic carbocycles. The molecular weight excluding hydrogens is 314 g/mol. The number of hydrogen-bond donors (Lipinski definition) is 0. The summed E-state index contributed by atoms with van der Waals surface area (Å²) >= 11 is 6.14. The third-order valence-electron chi connectivity index (χ3n) is 3.39. The molecule has 0 saturated carbocycles. The summed E-state index contributed by atoms with van der Waals surface area (Å²) < 4.78 is 11.6. The molecule has 2 aromatic heterocycles. The number of nitriles is 1. The van der Waals surface area contributed by atoms with Crippen LogP contribution in [0.1, 0.15) is 5.56 Å². The molecule has 0 bridgehead atoms. The van der Waals surface area contributed by atoms with E-state index in [1.165, 1.54) is 12.4 Å². The normalized spacial score (nSPS) is 10.8. The van der Waals surface area contributed by atoms with Crippen LogP contribution in [-0.4, -0.2) is 9.97 Å². The van der Waals surface area contributed by atoms with E-state index in [1.807, 2.05) is 30.3 Å². The van der Waals surface area contributed by atoms with Crippen molar-refractivity contribution in [1.29, 1.82) is 5.26 Å². The number of benzene rings is 2. The van der Waals surface area contributed by atoms with E-state index in [2.05, 4.69) is 9.97 Å². The molecule has 0 aliphatic heterocycles. The minimum absolute atomic E-state index is 0.276. The molecule has 23 heavy (non-hydrogen) atoms. The summed E-state index contributed by atoms with van der Waals surface area (Å²) in [5.41, 5.74) is 2.29. The number of aromatic nitrogens is 2. The van der Waals surface area contributed by atoms with Crippen LogP contribution in [-0.2, 0) is 0 Å². The molecule has 4 rings (SSSR count). The number of nitrogens with zero attached hydrogens (tertiary/aromatic N) is 3. The van der Waals surface area contributed by atoms with Crippen LogP contribution in [0.3, 0.4) is 0 Å². The molecule has 6 heteroatoms.